The van der Waals surface area contributed by atoms with Gasteiger partial charge in [-0.15, -0.1) is 0 Å². The first-order valence-corrected chi connectivity index (χ1v) is 9.63. The lowest BCUT2D eigenvalue weighted by atomic mass is 9.94. The van der Waals surface area contributed by atoms with E-state index in [4.69, 9.17) is 9.47 Å². The average molecular weight is 378 g/mol. The van der Waals surface area contributed by atoms with E-state index in [1.807, 2.05) is 0 Å². The third kappa shape index (κ3) is 4.07. The molecule has 0 N–H and O–H groups in total. The van der Waals surface area contributed by atoms with Gasteiger partial charge in [-0.1, -0.05) is 25.8 Å². The molecule has 0 saturated carbocycles. The first-order chi connectivity index (χ1) is 13.1. The molecule has 1 unspecified atom stereocenters. The van der Waals surface area contributed by atoms with Crippen LogP contribution in [0, 0.1) is 17.5 Å². The topological polar surface area (TPSA) is 18.5 Å². The summed E-state index contributed by atoms with van der Waals surface area (Å²) in [6.07, 6.45) is 6.90. The molecule has 146 valence electrons. The Bertz CT molecular complexity index is 845. The second kappa shape index (κ2) is 8.68. The number of hydrogen-bond donors (Lipinski definition) is 0. The maximum Gasteiger partial charge on any atom is 0.175 e. The number of halogens is 3. The second-order valence-corrected chi connectivity index (χ2v) is 6.90. The molecule has 1 atom stereocenters. The van der Waals surface area contributed by atoms with Crippen LogP contribution in [0.15, 0.2) is 30.0 Å². The number of unbranched alkanes of at least 4 members (excludes halogenated alkanes) is 2. The third-order valence-corrected chi connectivity index (χ3v) is 4.99. The number of benzene rings is 2. The van der Waals surface area contributed by atoms with Gasteiger partial charge in [0.25, 0.3) is 0 Å². The van der Waals surface area contributed by atoms with E-state index in [0.717, 1.165) is 25.7 Å². The van der Waals surface area contributed by atoms with Crippen molar-refractivity contribution in [2.75, 3.05) is 6.61 Å². The molecule has 0 saturated heterocycles. The van der Waals surface area contributed by atoms with E-state index in [9.17, 15) is 13.2 Å². The predicted octanol–water partition coefficient (Wildman–Crippen LogP) is 6.97. The van der Waals surface area contributed by atoms with E-state index < -0.39 is 23.6 Å². The zero-order chi connectivity index (χ0) is 19.4. The smallest absolute Gasteiger partial charge is 0.175 e. The number of rotatable bonds is 7. The predicted molar refractivity (Wildman–Crippen MR) is 100 cm³/mol. The van der Waals surface area contributed by atoms with Gasteiger partial charge in [0.1, 0.15) is 6.10 Å². The van der Waals surface area contributed by atoms with Crippen LogP contribution in [0.1, 0.15) is 64.0 Å². The molecule has 0 radical (unpaired) electrons. The fourth-order valence-corrected chi connectivity index (χ4v) is 3.52. The Balaban J connectivity index is 1.88. The molecule has 2 aromatic rings. The van der Waals surface area contributed by atoms with Gasteiger partial charge in [-0.3, -0.25) is 0 Å². The van der Waals surface area contributed by atoms with E-state index in [1.54, 1.807) is 19.3 Å². The summed E-state index contributed by atoms with van der Waals surface area (Å²) in [5.74, 6) is -3.20. The third-order valence-electron chi connectivity index (χ3n) is 4.99. The normalized spacial score (nSPS) is 16.9. The van der Waals surface area contributed by atoms with Crippen LogP contribution >= 0.6 is 0 Å². The minimum Gasteiger partial charge on any atom is -0.493 e. The highest BCUT2D eigenvalue weighted by molar-refractivity contribution is 5.86. The van der Waals surface area contributed by atoms with Crippen LogP contribution in [0.25, 0.3) is 10.8 Å². The largest absolute Gasteiger partial charge is 0.493 e. The fraction of sp³-hybridized carbons (Fsp3) is 0.455. The highest BCUT2D eigenvalue weighted by Crippen LogP contribution is 2.38. The minimum atomic E-state index is -1.19. The van der Waals surface area contributed by atoms with Crippen molar-refractivity contribution in [3.05, 3.63) is 53.0 Å². The van der Waals surface area contributed by atoms with Gasteiger partial charge in [0.05, 0.1) is 18.3 Å². The summed E-state index contributed by atoms with van der Waals surface area (Å²) < 4.78 is 54.6. The van der Waals surface area contributed by atoms with E-state index in [2.05, 4.69) is 6.92 Å². The molecule has 27 heavy (non-hydrogen) atoms. The van der Waals surface area contributed by atoms with Gasteiger partial charge in [-0.25, -0.2) is 13.2 Å². The molecular weight excluding hydrogens is 353 g/mol. The standard InChI is InChI=1S/C22H25F3O2/c1-3-5-6-7-14-8-10-17(27-13-14)16-12-15-9-11-18(26-4-2)21(24)19(15)22(25)20(16)23/h9,11-13,17H,3-8,10H2,1-2H3. The first-order valence-electron chi connectivity index (χ1n) is 9.63. The molecule has 1 heterocycles. The van der Waals surface area contributed by atoms with E-state index in [-0.39, 0.29) is 23.3 Å². The zero-order valence-electron chi connectivity index (χ0n) is 15.8. The molecule has 5 heteroatoms. The van der Waals surface area contributed by atoms with Gasteiger partial charge in [-0.2, -0.15) is 0 Å². The molecule has 2 nitrogen and oxygen atoms in total. The van der Waals surface area contributed by atoms with Crippen molar-refractivity contribution in [3.8, 4) is 5.75 Å². The summed E-state index contributed by atoms with van der Waals surface area (Å²) in [5, 5.41) is -0.0834. The van der Waals surface area contributed by atoms with Crippen molar-refractivity contribution in [2.24, 2.45) is 0 Å². The lowest BCUT2D eigenvalue weighted by Gasteiger charge is -2.24. The van der Waals surface area contributed by atoms with Crippen molar-refractivity contribution in [1.82, 2.24) is 0 Å². The van der Waals surface area contributed by atoms with Crippen molar-refractivity contribution >= 4 is 10.8 Å². The molecule has 1 aliphatic rings. The molecule has 0 amide bonds. The van der Waals surface area contributed by atoms with Gasteiger partial charge in [0, 0.05) is 5.56 Å². The van der Waals surface area contributed by atoms with Crippen LogP contribution in [0.2, 0.25) is 0 Å². The Hall–Kier alpha value is -2.17. The molecule has 3 rings (SSSR count). The number of allylic oxidation sites excluding steroid dienone is 1. The van der Waals surface area contributed by atoms with E-state index in [0.29, 0.717) is 11.8 Å². The molecule has 0 aliphatic carbocycles. The summed E-state index contributed by atoms with van der Waals surface area (Å²) in [6.45, 7) is 4.10. The summed E-state index contributed by atoms with van der Waals surface area (Å²) in [7, 11) is 0. The fourth-order valence-electron chi connectivity index (χ4n) is 3.52. The van der Waals surface area contributed by atoms with Gasteiger partial charge in [0.15, 0.2) is 23.2 Å². The van der Waals surface area contributed by atoms with Crippen LogP contribution in [-0.4, -0.2) is 6.61 Å². The zero-order valence-corrected chi connectivity index (χ0v) is 15.8. The summed E-state index contributed by atoms with van der Waals surface area (Å²) in [4.78, 5) is 0. The quantitative estimate of drug-likeness (QED) is 0.484. The van der Waals surface area contributed by atoms with Crippen LogP contribution in [0.5, 0.6) is 5.75 Å². The lowest BCUT2D eigenvalue weighted by molar-refractivity contribution is 0.115. The molecule has 0 bridgehead atoms. The van der Waals surface area contributed by atoms with Crippen molar-refractivity contribution in [1.29, 1.82) is 0 Å². The first kappa shape index (κ1) is 19.6. The lowest BCUT2D eigenvalue weighted by Crippen LogP contribution is -2.11. The maximum absolute atomic E-state index is 14.7. The molecule has 0 fully saturated rings. The van der Waals surface area contributed by atoms with Crippen LogP contribution in [0.4, 0.5) is 13.2 Å². The number of fused-ring (bicyclic) bond motifs is 1. The molecular formula is C22H25F3O2. The van der Waals surface area contributed by atoms with E-state index >= 15 is 0 Å². The van der Waals surface area contributed by atoms with Gasteiger partial charge >= 0.3 is 0 Å². The summed E-state index contributed by atoms with van der Waals surface area (Å²) in [5.41, 5.74) is 1.33. The monoisotopic (exact) mass is 378 g/mol. The van der Waals surface area contributed by atoms with Crippen LogP contribution in [-0.2, 0) is 4.74 Å². The van der Waals surface area contributed by atoms with Crippen LogP contribution < -0.4 is 4.74 Å². The summed E-state index contributed by atoms with van der Waals surface area (Å²) in [6, 6.07) is 4.47. The Kier molecular flexibility index (Phi) is 6.30. The van der Waals surface area contributed by atoms with Gasteiger partial charge in [-0.05, 0) is 55.7 Å². The van der Waals surface area contributed by atoms with Crippen molar-refractivity contribution in [3.63, 3.8) is 0 Å². The Morgan fingerprint density at radius 1 is 1.07 bits per heavy atom. The van der Waals surface area contributed by atoms with Gasteiger partial charge in [0.2, 0.25) is 0 Å². The van der Waals surface area contributed by atoms with Crippen molar-refractivity contribution in [2.45, 2.75) is 58.5 Å². The van der Waals surface area contributed by atoms with Crippen molar-refractivity contribution < 1.29 is 22.6 Å². The highest BCUT2D eigenvalue weighted by atomic mass is 19.2. The highest BCUT2D eigenvalue weighted by Gasteiger charge is 2.26. The van der Waals surface area contributed by atoms with E-state index in [1.165, 1.54) is 24.1 Å². The average Bonchev–Trinajstić information content (AvgIpc) is 2.67. The summed E-state index contributed by atoms with van der Waals surface area (Å²) >= 11 is 0. The SMILES string of the molecule is CCCCCC1=COC(c2cc3ccc(OCC)c(F)c3c(F)c2F)CC1. The molecule has 2 aromatic carbocycles. The maximum atomic E-state index is 14.7. The Morgan fingerprint density at radius 2 is 1.89 bits per heavy atom. The van der Waals surface area contributed by atoms with Gasteiger partial charge < -0.3 is 9.47 Å². The molecule has 1 aliphatic heterocycles. The Morgan fingerprint density at radius 3 is 2.56 bits per heavy atom. The second-order valence-electron chi connectivity index (χ2n) is 6.90. The number of hydrogen-bond acceptors (Lipinski definition) is 2. The molecule has 0 spiro atoms. The minimum absolute atomic E-state index is 0.0791. The van der Waals surface area contributed by atoms with Crippen LogP contribution in [0.3, 0.4) is 0 Å². The number of ether oxygens (including phenoxy) is 2. The molecule has 0 aromatic heterocycles. The Labute approximate surface area is 158 Å².